The molecule has 0 bridgehead atoms. The summed E-state index contributed by atoms with van der Waals surface area (Å²) in [5, 5.41) is 4.42. The Morgan fingerprint density at radius 3 is 2.46 bits per heavy atom. The van der Waals surface area contributed by atoms with Gasteiger partial charge in [-0.1, -0.05) is 41.9 Å². The second kappa shape index (κ2) is 7.68. The molecule has 1 aliphatic rings. The predicted octanol–water partition coefficient (Wildman–Crippen LogP) is 4.43. The third kappa shape index (κ3) is 3.50. The highest BCUT2D eigenvalue weighted by Gasteiger charge is 2.28. The number of nitrogens with zero attached hydrogens (tertiary/aromatic N) is 1. The Bertz CT molecular complexity index is 1020. The molecule has 0 atom stereocenters. The van der Waals surface area contributed by atoms with E-state index < -0.39 is 0 Å². The summed E-state index contributed by atoms with van der Waals surface area (Å²) in [4.78, 5) is 27.0. The van der Waals surface area contributed by atoms with Gasteiger partial charge in [0.05, 0.1) is 5.02 Å². The van der Waals surface area contributed by atoms with Crippen molar-refractivity contribution in [3.05, 3.63) is 70.4 Å². The van der Waals surface area contributed by atoms with Crippen molar-refractivity contribution in [3.63, 3.8) is 0 Å². The largest absolute Gasteiger partial charge is 0.449 e. The molecule has 1 N–H and O–H groups in total. The van der Waals surface area contributed by atoms with Crippen molar-refractivity contribution < 1.29 is 14.0 Å². The van der Waals surface area contributed by atoms with Gasteiger partial charge in [-0.25, -0.2) is 0 Å². The van der Waals surface area contributed by atoms with Gasteiger partial charge in [-0.05, 0) is 38.0 Å². The number of likely N-dealkylation sites (tertiary alicyclic amines) is 1. The van der Waals surface area contributed by atoms with Gasteiger partial charge < -0.3 is 14.6 Å². The number of amides is 2. The lowest BCUT2D eigenvalue weighted by molar-refractivity contribution is 0.0668. The number of hydrogen-bond acceptors (Lipinski definition) is 3. The van der Waals surface area contributed by atoms with Crippen molar-refractivity contribution in [1.82, 2.24) is 10.2 Å². The molecule has 1 aromatic heterocycles. The molecule has 6 heteroatoms. The Hall–Kier alpha value is -2.79. The topological polar surface area (TPSA) is 62.6 Å². The molecule has 1 fully saturated rings. The summed E-state index contributed by atoms with van der Waals surface area (Å²) in [5.74, 6) is 0.139. The highest BCUT2D eigenvalue weighted by molar-refractivity contribution is 6.35. The number of para-hydroxylation sites is 1. The number of fused-ring (bicyclic) bond motifs is 1. The van der Waals surface area contributed by atoms with Gasteiger partial charge in [0.1, 0.15) is 0 Å². The second-order valence-corrected chi connectivity index (χ2v) is 7.49. The van der Waals surface area contributed by atoms with Crippen LogP contribution in [0.2, 0.25) is 5.02 Å². The first kappa shape index (κ1) is 18.6. The molecule has 0 spiro atoms. The zero-order chi connectivity index (χ0) is 19.7. The molecule has 4 rings (SSSR count). The molecule has 1 saturated heterocycles. The van der Waals surface area contributed by atoms with Crippen LogP contribution in [0.25, 0.3) is 11.0 Å². The van der Waals surface area contributed by atoms with Gasteiger partial charge in [-0.3, -0.25) is 9.59 Å². The molecule has 2 amide bonds. The van der Waals surface area contributed by atoms with Crippen molar-refractivity contribution in [3.8, 4) is 0 Å². The Balaban J connectivity index is 1.41. The second-order valence-electron chi connectivity index (χ2n) is 7.08. The fourth-order valence-corrected chi connectivity index (χ4v) is 3.85. The lowest BCUT2D eigenvalue weighted by Gasteiger charge is -2.32. The van der Waals surface area contributed by atoms with Crippen molar-refractivity contribution in [1.29, 1.82) is 0 Å². The fourth-order valence-electron chi connectivity index (χ4n) is 3.64. The van der Waals surface area contributed by atoms with Crippen LogP contribution in [0, 0.1) is 6.92 Å². The number of furan rings is 1. The van der Waals surface area contributed by atoms with Crippen LogP contribution in [-0.2, 0) is 0 Å². The Morgan fingerprint density at radius 1 is 1.07 bits per heavy atom. The van der Waals surface area contributed by atoms with Gasteiger partial charge in [0.15, 0.2) is 11.3 Å². The maximum absolute atomic E-state index is 13.0. The van der Waals surface area contributed by atoms with Gasteiger partial charge in [-0.2, -0.15) is 0 Å². The average Bonchev–Trinajstić information content (AvgIpc) is 3.07. The van der Waals surface area contributed by atoms with Crippen LogP contribution in [-0.4, -0.2) is 35.8 Å². The number of piperidine rings is 1. The number of halogens is 1. The Kier molecular flexibility index (Phi) is 5.09. The van der Waals surface area contributed by atoms with E-state index in [0.717, 1.165) is 10.9 Å². The van der Waals surface area contributed by atoms with E-state index in [9.17, 15) is 9.59 Å². The molecule has 0 unspecified atom stereocenters. The lowest BCUT2D eigenvalue weighted by Crippen LogP contribution is -2.46. The van der Waals surface area contributed by atoms with Crippen LogP contribution in [0.3, 0.4) is 0 Å². The first-order chi connectivity index (χ1) is 13.5. The van der Waals surface area contributed by atoms with E-state index in [1.165, 1.54) is 0 Å². The maximum Gasteiger partial charge on any atom is 0.289 e. The molecule has 1 aliphatic heterocycles. The van der Waals surface area contributed by atoms with E-state index in [1.807, 2.05) is 37.3 Å². The maximum atomic E-state index is 13.0. The highest BCUT2D eigenvalue weighted by atomic mass is 35.5. The minimum atomic E-state index is -0.127. The summed E-state index contributed by atoms with van der Waals surface area (Å²) in [6, 6.07) is 14.7. The molecule has 28 heavy (non-hydrogen) atoms. The van der Waals surface area contributed by atoms with E-state index >= 15 is 0 Å². The number of rotatable bonds is 3. The van der Waals surface area contributed by atoms with E-state index in [4.69, 9.17) is 16.0 Å². The van der Waals surface area contributed by atoms with Crippen LogP contribution >= 0.6 is 11.6 Å². The monoisotopic (exact) mass is 396 g/mol. The van der Waals surface area contributed by atoms with Gasteiger partial charge in [-0.15, -0.1) is 0 Å². The number of nitrogens with one attached hydrogen (secondary N) is 1. The Morgan fingerprint density at radius 2 is 1.79 bits per heavy atom. The molecule has 0 saturated carbocycles. The van der Waals surface area contributed by atoms with Crippen molar-refractivity contribution >= 4 is 34.4 Å². The summed E-state index contributed by atoms with van der Waals surface area (Å²) in [5.41, 5.74) is 2.01. The lowest BCUT2D eigenvalue weighted by atomic mass is 10.0. The summed E-state index contributed by atoms with van der Waals surface area (Å²) in [6.07, 6.45) is 1.43. The average molecular weight is 397 g/mol. The summed E-state index contributed by atoms with van der Waals surface area (Å²) in [6.45, 7) is 3.02. The van der Waals surface area contributed by atoms with E-state index in [2.05, 4.69) is 5.32 Å². The number of benzene rings is 2. The first-order valence-electron chi connectivity index (χ1n) is 9.37. The number of hydrogen-bond donors (Lipinski definition) is 1. The van der Waals surface area contributed by atoms with Gasteiger partial charge >= 0.3 is 0 Å². The first-order valence-corrected chi connectivity index (χ1v) is 9.75. The van der Waals surface area contributed by atoms with Gasteiger partial charge in [0.2, 0.25) is 0 Å². The van der Waals surface area contributed by atoms with Crippen LogP contribution in [0.4, 0.5) is 0 Å². The van der Waals surface area contributed by atoms with E-state index in [0.29, 0.717) is 47.9 Å². The standard InChI is InChI=1S/C22H21ClN2O3/c1-14-17-8-5-9-18(23)20(17)28-19(14)22(27)25-12-10-16(11-13-25)24-21(26)15-6-3-2-4-7-15/h2-9,16H,10-13H2,1H3,(H,24,26). The number of aryl methyl sites for hydroxylation is 1. The molecule has 2 heterocycles. The smallest absolute Gasteiger partial charge is 0.289 e. The molecular formula is C22H21ClN2O3. The van der Waals surface area contributed by atoms with Crippen LogP contribution in [0.15, 0.2) is 52.9 Å². The molecule has 3 aromatic rings. The third-order valence-electron chi connectivity index (χ3n) is 5.26. The van der Waals surface area contributed by atoms with Crippen LogP contribution in [0.5, 0.6) is 0 Å². The fraction of sp³-hybridized carbons (Fsp3) is 0.273. The van der Waals surface area contributed by atoms with Crippen molar-refractivity contribution in [2.24, 2.45) is 0 Å². The molecular weight excluding hydrogens is 376 g/mol. The van der Waals surface area contributed by atoms with Crippen LogP contribution in [0.1, 0.15) is 39.3 Å². The molecule has 144 valence electrons. The summed E-state index contributed by atoms with van der Waals surface area (Å²) >= 11 is 6.19. The Labute approximate surface area is 168 Å². The third-order valence-corrected chi connectivity index (χ3v) is 5.56. The van der Waals surface area contributed by atoms with E-state index in [1.54, 1.807) is 23.1 Å². The quantitative estimate of drug-likeness (QED) is 0.712. The van der Waals surface area contributed by atoms with Crippen LogP contribution < -0.4 is 5.32 Å². The van der Waals surface area contributed by atoms with Crippen molar-refractivity contribution in [2.45, 2.75) is 25.8 Å². The zero-order valence-electron chi connectivity index (χ0n) is 15.6. The zero-order valence-corrected chi connectivity index (χ0v) is 16.3. The normalized spacial score (nSPS) is 15.0. The van der Waals surface area contributed by atoms with Crippen molar-refractivity contribution in [2.75, 3.05) is 13.1 Å². The summed E-state index contributed by atoms with van der Waals surface area (Å²) < 4.78 is 5.80. The summed E-state index contributed by atoms with van der Waals surface area (Å²) in [7, 11) is 0. The minimum Gasteiger partial charge on any atom is -0.449 e. The highest BCUT2D eigenvalue weighted by Crippen LogP contribution is 2.31. The van der Waals surface area contributed by atoms with Gasteiger partial charge in [0, 0.05) is 35.6 Å². The molecule has 0 radical (unpaired) electrons. The SMILES string of the molecule is Cc1c(C(=O)N2CCC(NC(=O)c3ccccc3)CC2)oc2c(Cl)cccc12. The molecule has 5 nitrogen and oxygen atoms in total. The number of carbonyl (C=O) groups is 2. The predicted molar refractivity (Wildman–Crippen MR) is 109 cm³/mol. The van der Waals surface area contributed by atoms with Gasteiger partial charge in [0.25, 0.3) is 11.8 Å². The molecule has 0 aliphatic carbocycles. The number of carbonyl (C=O) groups excluding carboxylic acids is 2. The minimum absolute atomic E-state index is 0.0583. The molecule has 2 aromatic carbocycles. The van der Waals surface area contributed by atoms with E-state index in [-0.39, 0.29) is 17.9 Å².